The second kappa shape index (κ2) is 7.78. The Hall–Kier alpha value is -2.63. The molecule has 148 valence electrons. The van der Waals surface area contributed by atoms with Crippen LogP contribution in [0.2, 0.25) is 0 Å². The zero-order valence-electron chi connectivity index (χ0n) is 16.2. The van der Waals surface area contributed by atoms with Gasteiger partial charge in [0.15, 0.2) is 0 Å². The first-order valence-electron chi connectivity index (χ1n) is 10.2. The lowest BCUT2D eigenvalue weighted by Crippen LogP contribution is -2.43. The Morgan fingerprint density at radius 3 is 2.46 bits per heavy atom. The lowest BCUT2D eigenvalue weighted by Gasteiger charge is -2.33. The van der Waals surface area contributed by atoms with E-state index < -0.39 is 5.63 Å². The van der Waals surface area contributed by atoms with Crippen LogP contribution in [0.25, 0.3) is 11.0 Å². The molecular weight excluding hydrogens is 356 g/mol. The monoisotopic (exact) mass is 382 g/mol. The Morgan fingerprint density at radius 1 is 1.04 bits per heavy atom. The summed E-state index contributed by atoms with van der Waals surface area (Å²) in [5.74, 6) is 0.326. The maximum Gasteiger partial charge on any atom is 0.336 e. The molecule has 2 aliphatic rings. The van der Waals surface area contributed by atoms with Crippen LogP contribution in [0.3, 0.4) is 0 Å². The van der Waals surface area contributed by atoms with Crippen LogP contribution >= 0.6 is 0 Å². The molecular formula is C22H26N2O4. The van der Waals surface area contributed by atoms with Crippen LogP contribution in [0.4, 0.5) is 5.69 Å². The molecule has 4 rings (SSSR count). The fourth-order valence-electron chi connectivity index (χ4n) is 4.44. The SMILES string of the molecule is Cc1cc(=O)oc2cc(NC(=O)C3CCN(C(=O)C4CCCC4)CC3)ccc12. The summed E-state index contributed by atoms with van der Waals surface area (Å²) >= 11 is 0. The van der Waals surface area contributed by atoms with Crippen LogP contribution in [0.15, 0.2) is 33.5 Å². The van der Waals surface area contributed by atoms with E-state index in [1.54, 1.807) is 6.07 Å². The molecule has 1 N–H and O–H groups in total. The molecule has 1 aromatic heterocycles. The van der Waals surface area contributed by atoms with Crippen molar-refractivity contribution in [3.05, 3.63) is 40.2 Å². The van der Waals surface area contributed by atoms with Crippen molar-refractivity contribution in [2.75, 3.05) is 18.4 Å². The van der Waals surface area contributed by atoms with Crippen molar-refractivity contribution in [2.24, 2.45) is 11.8 Å². The summed E-state index contributed by atoms with van der Waals surface area (Å²) < 4.78 is 5.25. The number of amides is 2. The number of nitrogens with zero attached hydrogens (tertiary/aromatic N) is 1. The molecule has 2 aromatic rings. The first-order valence-corrected chi connectivity index (χ1v) is 10.2. The van der Waals surface area contributed by atoms with Crippen LogP contribution < -0.4 is 10.9 Å². The van der Waals surface area contributed by atoms with Gasteiger partial charge >= 0.3 is 5.63 Å². The number of hydrogen-bond donors (Lipinski definition) is 1. The lowest BCUT2D eigenvalue weighted by molar-refractivity contribution is -0.138. The molecule has 1 aromatic carbocycles. The first-order chi connectivity index (χ1) is 13.5. The predicted molar refractivity (Wildman–Crippen MR) is 107 cm³/mol. The number of piperidine rings is 1. The van der Waals surface area contributed by atoms with Crippen molar-refractivity contribution in [2.45, 2.75) is 45.4 Å². The second-order valence-corrected chi connectivity index (χ2v) is 8.03. The third kappa shape index (κ3) is 3.81. The molecule has 2 amide bonds. The summed E-state index contributed by atoms with van der Waals surface area (Å²) in [5, 5.41) is 3.80. The van der Waals surface area contributed by atoms with Gasteiger partial charge in [-0.3, -0.25) is 9.59 Å². The molecule has 1 aliphatic heterocycles. The average molecular weight is 382 g/mol. The summed E-state index contributed by atoms with van der Waals surface area (Å²) in [4.78, 5) is 38.7. The Morgan fingerprint density at radius 2 is 1.75 bits per heavy atom. The maximum atomic E-state index is 12.7. The fourth-order valence-corrected chi connectivity index (χ4v) is 4.44. The third-order valence-corrected chi connectivity index (χ3v) is 6.10. The Labute approximate surface area is 163 Å². The minimum Gasteiger partial charge on any atom is -0.423 e. The molecule has 0 unspecified atom stereocenters. The van der Waals surface area contributed by atoms with Crippen LogP contribution in [-0.2, 0) is 9.59 Å². The number of rotatable bonds is 3. The summed E-state index contributed by atoms with van der Waals surface area (Å²) in [6, 6.07) is 6.83. The van der Waals surface area contributed by atoms with E-state index in [9.17, 15) is 14.4 Å². The highest BCUT2D eigenvalue weighted by Crippen LogP contribution is 2.29. The Bertz CT molecular complexity index is 951. The normalized spacial score (nSPS) is 18.5. The summed E-state index contributed by atoms with van der Waals surface area (Å²) in [7, 11) is 0. The zero-order valence-corrected chi connectivity index (χ0v) is 16.2. The Balaban J connectivity index is 1.37. The van der Waals surface area contributed by atoms with Gasteiger partial charge in [-0.05, 0) is 50.3 Å². The molecule has 0 atom stereocenters. The largest absolute Gasteiger partial charge is 0.423 e. The Kier molecular flexibility index (Phi) is 5.20. The van der Waals surface area contributed by atoms with Gasteiger partial charge < -0.3 is 14.6 Å². The molecule has 0 bridgehead atoms. The quantitative estimate of drug-likeness (QED) is 0.825. The number of carbonyl (C=O) groups excluding carboxylic acids is 2. The topological polar surface area (TPSA) is 79.6 Å². The molecule has 1 saturated carbocycles. The number of carbonyl (C=O) groups is 2. The molecule has 28 heavy (non-hydrogen) atoms. The number of likely N-dealkylation sites (tertiary alicyclic amines) is 1. The van der Waals surface area contributed by atoms with E-state index in [-0.39, 0.29) is 23.7 Å². The van der Waals surface area contributed by atoms with Gasteiger partial charge in [0.1, 0.15) is 5.58 Å². The van der Waals surface area contributed by atoms with Gasteiger partial charge in [0, 0.05) is 48.1 Å². The highest BCUT2D eigenvalue weighted by atomic mass is 16.4. The van der Waals surface area contributed by atoms with Crippen molar-refractivity contribution in [3.63, 3.8) is 0 Å². The number of benzene rings is 1. The van der Waals surface area contributed by atoms with Crippen LogP contribution in [0.1, 0.15) is 44.1 Å². The minimum atomic E-state index is -0.396. The van der Waals surface area contributed by atoms with Gasteiger partial charge in [-0.1, -0.05) is 12.8 Å². The first kappa shape index (κ1) is 18.7. The summed E-state index contributed by atoms with van der Waals surface area (Å²) in [6.45, 7) is 3.16. The summed E-state index contributed by atoms with van der Waals surface area (Å²) in [6.07, 6.45) is 5.70. The molecule has 0 spiro atoms. The van der Waals surface area contributed by atoms with E-state index in [0.717, 1.165) is 36.6 Å². The maximum absolute atomic E-state index is 12.7. The zero-order chi connectivity index (χ0) is 19.7. The highest BCUT2D eigenvalue weighted by molar-refractivity contribution is 5.95. The number of nitrogens with one attached hydrogen (secondary N) is 1. The molecule has 2 heterocycles. The van der Waals surface area contributed by atoms with Crippen molar-refractivity contribution in [1.82, 2.24) is 4.90 Å². The van der Waals surface area contributed by atoms with E-state index in [2.05, 4.69) is 5.32 Å². The van der Waals surface area contributed by atoms with Gasteiger partial charge in [0.25, 0.3) is 0 Å². The summed E-state index contributed by atoms with van der Waals surface area (Å²) in [5.41, 5.74) is 1.55. The van der Waals surface area contributed by atoms with E-state index >= 15 is 0 Å². The molecule has 0 radical (unpaired) electrons. The minimum absolute atomic E-state index is 0.0395. The molecule has 2 fully saturated rings. The standard InChI is InChI=1S/C22H26N2O4/c1-14-12-20(25)28-19-13-17(6-7-18(14)19)23-21(26)15-8-10-24(11-9-15)22(27)16-4-2-3-5-16/h6-7,12-13,15-16H,2-5,8-11H2,1H3,(H,23,26). The van der Waals surface area contributed by atoms with Crippen molar-refractivity contribution < 1.29 is 14.0 Å². The van der Waals surface area contributed by atoms with Crippen LogP contribution in [-0.4, -0.2) is 29.8 Å². The van der Waals surface area contributed by atoms with E-state index in [4.69, 9.17) is 4.42 Å². The van der Waals surface area contributed by atoms with Gasteiger partial charge in [-0.15, -0.1) is 0 Å². The molecule has 1 aliphatic carbocycles. The lowest BCUT2D eigenvalue weighted by atomic mass is 9.94. The van der Waals surface area contributed by atoms with Crippen molar-refractivity contribution in [3.8, 4) is 0 Å². The number of hydrogen-bond acceptors (Lipinski definition) is 4. The highest BCUT2D eigenvalue weighted by Gasteiger charge is 2.32. The third-order valence-electron chi connectivity index (χ3n) is 6.10. The van der Waals surface area contributed by atoms with Gasteiger partial charge in [-0.25, -0.2) is 4.79 Å². The van der Waals surface area contributed by atoms with Crippen LogP contribution in [0.5, 0.6) is 0 Å². The van der Waals surface area contributed by atoms with E-state index in [1.807, 2.05) is 24.0 Å². The van der Waals surface area contributed by atoms with Gasteiger partial charge in [-0.2, -0.15) is 0 Å². The average Bonchev–Trinajstić information content (AvgIpc) is 3.22. The predicted octanol–water partition coefficient (Wildman–Crippen LogP) is 3.47. The molecule has 6 nitrogen and oxygen atoms in total. The van der Waals surface area contributed by atoms with Crippen molar-refractivity contribution in [1.29, 1.82) is 0 Å². The van der Waals surface area contributed by atoms with E-state index in [1.165, 1.54) is 6.07 Å². The van der Waals surface area contributed by atoms with Gasteiger partial charge in [0.2, 0.25) is 11.8 Å². The smallest absolute Gasteiger partial charge is 0.336 e. The second-order valence-electron chi connectivity index (χ2n) is 8.03. The number of aryl methyl sites for hydroxylation is 1. The van der Waals surface area contributed by atoms with Gasteiger partial charge in [0.05, 0.1) is 0 Å². The number of anilines is 1. The van der Waals surface area contributed by atoms with E-state index in [0.29, 0.717) is 37.2 Å². The molecule has 6 heteroatoms. The van der Waals surface area contributed by atoms with Crippen molar-refractivity contribution >= 4 is 28.5 Å². The molecule has 1 saturated heterocycles. The number of fused-ring (bicyclic) bond motifs is 1. The fraction of sp³-hybridized carbons (Fsp3) is 0.500. The van der Waals surface area contributed by atoms with Crippen LogP contribution in [0, 0.1) is 18.8 Å².